The highest BCUT2D eigenvalue weighted by molar-refractivity contribution is 7.92. The number of rotatable bonds is 3. The number of aliphatic carboxylic acids is 1. The molecule has 1 N–H and O–H groups in total. The van der Waals surface area contributed by atoms with Crippen LogP contribution in [0.5, 0.6) is 0 Å². The normalized spacial score (nSPS) is 17.1. The van der Waals surface area contributed by atoms with E-state index in [-0.39, 0.29) is 11.4 Å². The molecule has 1 aliphatic heterocycles. The third-order valence-electron chi connectivity index (χ3n) is 3.96. The van der Waals surface area contributed by atoms with Crippen LogP contribution in [0.2, 0.25) is 5.02 Å². The number of halogens is 1. The topological polar surface area (TPSA) is 74.7 Å². The molecule has 2 aromatic carbocycles. The molecule has 0 amide bonds. The predicted octanol–water partition coefficient (Wildman–Crippen LogP) is 3.03. The van der Waals surface area contributed by atoms with E-state index in [1.165, 1.54) is 12.1 Å². The number of carboxylic acid groups (broad SMARTS) is 1. The highest BCUT2D eigenvalue weighted by atomic mass is 35.5. The van der Waals surface area contributed by atoms with Gasteiger partial charge in [-0.25, -0.2) is 8.42 Å². The molecule has 1 atom stereocenters. The van der Waals surface area contributed by atoms with Gasteiger partial charge in [-0.1, -0.05) is 35.9 Å². The second-order valence-corrected chi connectivity index (χ2v) is 7.67. The second-order valence-electron chi connectivity index (χ2n) is 5.40. The van der Waals surface area contributed by atoms with Gasteiger partial charge in [-0.3, -0.25) is 9.10 Å². The van der Waals surface area contributed by atoms with Crippen LogP contribution in [-0.2, 0) is 14.8 Å². The zero-order valence-electron chi connectivity index (χ0n) is 12.2. The summed E-state index contributed by atoms with van der Waals surface area (Å²) in [6.07, 6.45) is 0. The van der Waals surface area contributed by atoms with Gasteiger partial charge >= 0.3 is 5.97 Å². The molecule has 0 radical (unpaired) electrons. The Labute approximate surface area is 139 Å². The first-order valence-corrected chi connectivity index (χ1v) is 8.75. The average molecular weight is 352 g/mol. The minimum absolute atomic E-state index is 0.0499. The monoisotopic (exact) mass is 351 g/mol. The number of sulfonamides is 1. The lowest BCUT2D eigenvalue weighted by atomic mass is 10.0. The van der Waals surface area contributed by atoms with E-state index in [0.29, 0.717) is 16.3 Å². The van der Waals surface area contributed by atoms with Crippen molar-refractivity contribution in [3.05, 3.63) is 58.6 Å². The molecule has 23 heavy (non-hydrogen) atoms. The molecular weight excluding hydrogens is 338 g/mol. The van der Waals surface area contributed by atoms with Gasteiger partial charge in [0.15, 0.2) is 0 Å². The summed E-state index contributed by atoms with van der Waals surface area (Å²) in [6, 6.07) is 11.2. The summed E-state index contributed by atoms with van der Waals surface area (Å²) in [6.45, 7) is 1.66. The largest absolute Gasteiger partial charge is 0.481 e. The minimum atomic E-state index is -3.87. The van der Waals surface area contributed by atoms with E-state index in [2.05, 4.69) is 0 Å². The molecule has 0 aromatic heterocycles. The molecule has 1 heterocycles. The molecule has 120 valence electrons. The van der Waals surface area contributed by atoms with Crippen LogP contribution in [0.15, 0.2) is 47.4 Å². The van der Waals surface area contributed by atoms with Gasteiger partial charge in [0.2, 0.25) is 0 Å². The number of carbonyl (C=O) groups is 1. The van der Waals surface area contributed by atoms with Gasteiger partial charge in [0.25, 0.3) is 10.0 Å². The van der Waals surface area contributed by atoms with Crippen molar-refractivity contribution >= 4 is 33.3 Å². The third kappa shape index (κ3) is 2.58. The molecule has 1 aliphatic rings. The smallest absolute Gasteiger partial charge is 0.312 e. The van der Waals surface area contributed by atoms with Crippen LogP contribution in [0.3, 0.4) is 0 Å². The number of anilines is 1. The Morgan fingerprint density at radius 2 is 1.96 bits per heavy atom. The fourth-order valence-electron chi connectivity index (χ4n) is 2.67. The minimum Gasteiger partial charge on any atom is -0.481 e. The Morgan fingerprint density at radius 3 is 2.61 bits per heavy atom. The van der Waals surface area contributed by atoms with E-state index in [1.807, 2.05) is 0 Å². The Morgan fingerprint density at radius 1 is 1.26 bits per heavy atom. The van der Waals surface area contributed by atoms with E-state index in [9.17, 15) is 18.3 Å². The molecule has 5 nitrogen and oxygen atoms in total. The Hall–Kier alpha value is -2.05. The summed E-state index contributed by atoms with van der Waals surface area (Å²) in [5.41, 5.74) is 1.68. The van der Waals surface area contributed by atoms with Crippen molar-refractivity contribution in [1.29, 1.82) is 0 Å². The molecular formula is C16H14ClNO4S. The number of benzene rings is 2. The fraction of sp³-hybridized carbons (Fsp3) is 0.188. The molecule has 7 heteroatoms. The van der Waals surface area contributed by atoms with Gasteiger partial charge < -0.3 is 5.11 Å². The van der Waals surface area contributed by atoms with E-state index in [4.69, 9.17) is 11.6 Å². The van der Waals surface area contributed by atoms with Crippen LogP contribution in [0.4, 0.5) is 5.69 Å². The lowest BCUT2D eigenvalue weighted by molar-refractivity contribution is -0.138. The van der Waals surface area contributed by atoms with Crippen LogP contribution < -0.4 is 4.31 Å². The van der Waals surface area contributed by atoms with Crippen LogP contribution in [0.25, 0.3) is 0 Å². The van der Waals surface area contributed by atoms with Crippen molar-refractivity contribution < 1.29 is 18.3 Å². The number of fused-ring (bicyclic) bond motifs is 1. The van der Waals surface area contributed by atoms with Gasteiger partial charge in [0.1, 0.15) is 5.92 Å². The van der Waals surface area contributed by atoms with E-state index >= 15 is 0 Å². The van der Waals surface area contributed by atoms with Gasteiger partial charge in [0, 0.05) is 5.02 Å². The Bertz CT molecular complexity index is 895. The number of hydrogen-bond acceptors (Lipinski definition) is 3. The molecule has 0 bridgehead atoms. The van der Waals surface area contributed by atoms with Crippen molar-refractivity contribution in [2.24, 2.45) is 0 Å². The van der Waals surface area contributed by atoms with Gasteiger partial charge in [-0.05, 0) is 36.2 Å². The maximum Gasteiger partial charge on any atom is 0.312 e. The lowest BCUT2D eigenvalue weighted by Crippen LogP contribution is -2.31. The van der Waals surface area contributed by atoms with Crippen LogP contribution in [0.1, 0.15) is 17.0 Å². The summed E-state index contributed by atoms with van der Waals surface area (Å²) in [5, 5.41) is 9.71. The average Bonchev–Trinajstić information content (AvgIpc) is 2.90. The maximum atomic E-state index is 12.9. The molecule has 0 aliphatic carbocycles. The van der Waals surface area contributed by atoms with Gasteiger partial charge in [-0.2, -0.15) is 0 Å². The molecule has 1 unspecified atom stereocenters. The Balaban J connectivity index is 2.11. The van der Waals surface area contributed by atoms with Gasteiger partial charge in [0.05, 0.1) is 17.1 Å². The number of carboxylic acids is 1. The van der Waals surface area contributed by atoms with E-state index in [1.54, 1.807) is 37.3 Å². The first-order chi connectivity index (χ1) is 10.8. The molecule has 2 aromatic rings. The summed E-state index contributed by atoms with van der Waals surface area (Å²) in [5.74, 6) is -1.92. The second kappa shape index (κ2) is 5.54. The Kier molecular flexibility index (Phi) is 3.82. The molecule has 3 rings (SSSR count). The van der Waals surface area contributed by atoms with Crippen molar-refractivity contribution in [2.45, 2.75) is 17.7 Å². The summed E-state index contributed by atoms with van der Waals surface area (Å²) in [7, 11) is -3.87. The summed E-state index contributed by atoms with van der Waals surface area (Å²) >= 11 is 6.03. The number of nitrogens with zero attached hydrogens (tertiary/aromatic N) is 1. The zero-order valence-corrected chi connectivity index (χ0v) is 13.8. The first kappa shape index (κ1) is 15.8. The van der Waals surface area contributed by atoms with Crippen molar-refractivity contribution in [1.82, 2.24) is 0 Å². The third-order valence-corrected chi connectivity index (χ3v) is 6.14. The quantitative estimate of drug-likeness (QED) is 0.922. The number of hydrogen-bond donors (Lipinski definition) is 1. The standard InChI is InChI=1S/C16H14ClNO4S/c1-10-6-7-11(8-14(10)17)23(21,22)18-9-13(16(19)20)12-4-2-3-5-15(12)18/h2-8,13H,9H2,1H3,(H,19,20). The van der Waals surface area contributed by atoms with Gasteiger partial charge in [-0.15, -0.1) is 0 Å². The number of aryl methyl sites for hydroxylation is 1. The van der Waals surface area contributed by atoms with Crippen LogP contribution in [-0.4, -0.2) is 26.0 Å². The van der Waals surface area contributed by atoms with Crippen molar-refractivity contribution in [3.8, 4) is 0 Å². The van der Waals surface area contributed by atoms with Crippen LogP contribution in [0, 0.1) is 6.92 Å². The molecule has 0 fully saturated rings. The summed E-state index contributed by atoms with van der Waals surface area (Å²) < 4.78 is 26.9. The van der Waals surface area contributed by atoms with E-state index < -0.39 is 21.9 Å². The zero-order chi connectivity index (χ0) is 16.8. The molecule has 0 saturated heterocycles. The lowest BCUT2D eigenvalue weighted by Gasteiger charge is -2.20. The SMILES string of the molecule is Cc1ccc(S(=O)(=O)N2CC(C(=O)O)c3ccccc32)cc1Cl. The van der Waals surface area contributed by atoms with Crippen LogP contribution >= 0.6 is 11.6 Å². The highest BCUT2D eigenvalue weighted by Crippen LogP contribution is 2.39. The fourth-order valence-corrected chi connectivity index (χ4v) is 4.45. The first-order valence-electron chi connectivity index (χ1n) is 6.93. The van der Waals surface area contributed by atoms with E-state index in [0.717, 1.165) is 9.87 Å². The maximum absolute atomic E-state index is 12.9. The predicted molar refractivity (Wildman–Crippen MR) is 87.5 cm³/mol. The molecule has 0 spiro atoms. The highest BCUT2D eigenvalue weighted by Gasteiger charge is 2.39. The number of para-hydroxylation sites is 1. The molecule has 0 saturated carbocycles. The van der Waals surface area contributed by atoms with Crippen molar-refractivity contribution in [3.63, 3.8) is 0 Å². The van der Waals surface area contributed by atoms with Crippen molar-refractivity contribution in [2.75, 3.05) is 10.8 Å². The summed E-state index contributed by atoms with van der Waals surface area (Å²) in [4.78, 5) is 11.5.